The molecular formula is C17H20N6O. The molecule has 0 radical (unpaired) electrons. The average molecular weight is 324 g/mol. The Bertz CT molecular complexity index is 864. The molecule has 24 heavy (non-hydrogen) atoms. The van der Waals surface area contributed by atoms with Crippen molar-refractivity contribution >= 4 is 5.91 Å². The Balaban J connectivity index is 1.67. The van der Waals surface area contributed by atoms with E-state index in [2.05, 4.69) is 25.6 Å². The van der Waals surface area contributed by atoms with Gasteiger partial charge in [-0.05, 0) is 45.0 Å². The van der Waals surface area contributed by atoms with Gasteiger partial charge >= 0.3 is 0 Å². The van der Waals surface area contributed by atoms with E-state index in [1.54, 1.807) is 6.07 Å². The molecular weight excluding hydrogens is 304 g/mol. The summed E-state index contributed by atoms with van der Waals surface area (Å²) in [4.78, 5) is 16.5. The molecule has 1 amide bonds. The third kappa shape index (κ3) is 3.51. The Morgan fingerprint density at radius 3 is 2.75 bits per heavy atom. The van der Waals surface area contributed by atoms with E-state index < -0.39 is 0 Å². The zero-order valence-corrected chi connectivity index (χ0v) is 14.0. The summed E-state index contributed by atoms with van der Waals surface area (Å²) in [6.07, 6.45) is 0.591. The van der Waals surface area contributed by atoms with Crippen LogP contribution in [0.15, 0.2) is 30.3 Å². The topological polar surface area (TPSA) is 88.5 Å². The lowest BCUT2D eigenvalue weighted by atomic mass is 10.2. The Kier molecular flexibility index (Phi) is 4.41. The maximum absolute atomic E-state index is 12.3. The van der Waals surface area contributed by atoms with Gasteiger partial charge in [-0.2, -0.15) is 10.2 Å². The third-order valence-electron chi connectivity index (χ3n) is 3.64. The highest BCUT2D eigenvalue weighted by Gasteiger charge is 2.09. The van der Waals surface area contributed by atoms with Crippen LogP contribution in [-0.2, 0) is 6.42 Å². The van der Waals surface area contributed by atoms with Crippen molar-refractivity contribution in [3.63, 3.8) is 0 Å². The molecule has 1 aromatic carbocycles. The summed E-state index contributed by atoms with van der Waals surface area (Å²) in [6.45, 7) is 6.27. The molecule has 2 aromatic heterocycles. The first-order valence-corrected chi connectivity index (χ1v) is 7.83. The first-order chi connectivity index (χ1) is 11.5. The minimum absolute atomic E-state index is 0.120. The second-order valence-corrected chi connectivity index (χ2v) is 5.73. The second kappa shape index (κ2) is 6.66. The van der Waals surface area contributed by atoms with Gasteiger partial charge in [0.05, 0.1) is 11.4 Å². The summed E-state index contributed by atoms with van der Waals surface area (Å²) >= 11 is 0. The zero-order valence-electron chi connectivity index (χ0n) is 14.0. The number of amides is 1. The van der Waals surface area contributed by atoms with Gasteiger partial charge in [0, 0.05) is 24.2 Å². The first kappa shape index (κ1) is 15.9. The molecule has 0 unspecified atom stereocenters. The second-order valence-electron chi connectivity index (χ2n) is 5.73. The number of carbonyl (C=O) groups is 1. The maximum Gasteiger partial charge on any atom is 0.251 e. The summed E-state index contributed by atoms with van der Waals surface area (Å²) in [7, 11) is 0. The van der Waals surface area contributed by atoms with E-state index in [0.717, 1.165) is 22.9 Å². The number of nitrogens with zero attached hydrogens (tertiary/aromatic N) is 4. The summed E-state index contributed by atoms with van der Waals surface area (Å²) in [5.74, 6) is 1.35. The van der Waals surface area contributed by atoms with Crippen LogP contribution in [0.2, 0.25) is 0 Å². The monoisotopic (exact) mass is 324 g/mol. The molecule has 0 aliphatic rings. The van der Waals surface area contributed by atoms with Crippen LogP contribution in [0.5, 0.6) is 0 Å². The van der Waals surface area contributed by atoms with Crippen molar-refractivity contribution in [1.29, 1.82) is 0 Å². The van der Waals surface area contributed by atoms with Crippen molar-refractivity contribution in [3.8, 4) is 5.69 Å². The number of aromatic nitrogens is 5. The minimum Gasteiger partial charge on any atom is -0.352 e. The number of rotatable bonds is 5. The zero-order chi connectivity index (χ0) is 17.1. The normalized spacial score (nSPS) is 10.8. The van der Waals surface area contributed by atoms with Gasteiger partial charge in [0.25, 0.3) is 5.91 Å². The van der Waals surface area contributed by atoms with Gasteiger partial charge < -0.3 is 5.32 Å². The lowest BCUT2D eigenvalue weighted by molar-refractivity contribution is 0.0954. The van der Waals surface area contributed by atoms with Gasteiger partial charge in [-0.25, -0.2) is 9.67 Å². The van der Waals surface area contributed by atoms with Crippen molar-refractivity contribution < 1.29 is 4.79 Å². The van der Waals surface area contributed by atoms with Crippen LogP contribution < -0.4 is 5.32 Å². The molecule has 0 fully saturated rings. The van der Waals surface area contributed by atoms with Crippen LogP contribution in [0.3, 0.4) is 0 Å². The predicted molar refractivity (Wildman–Crippen MR) is 90.2 cm³/mol. The number of carbonyl (C=O) groups excluding carboxylic acids is 1. The smallest absolute Gasteiger partial charge is 0.251 e. The number of nitrogens with one attached hydrogen (secondary N) is 2. The fourth-order valence-corrected chi connectivity index (χ4v) is 2.56. The molecule has 0 saturated carbocycles. The van der Waals surface area contributed by atoms with Crippen LogP contribution in [0, 0.1) is 20.8 Å². The minimum atomic E-state index is -0.120. The van der Waals surface area contributed by atoms with E-state index in [-0.39, 0.29) is 5.91 Å². The van der Waals surface area contributed by atoms with Gasteiger partial charge in [-0.3, -0.25) is 9.89 Å². The Labute approximate surface area is 140 Å². The number of aromatic amines is 1. The van der Waals surface area contributed by atoms with Crippen molar-refractivity contribution in [2.24, 2.45) is 0 Å². The number of benzene rings is 1. The molecule has 2 heterocycles. The van der Waals surface area contributed by atoms with E-state index in [0.29, 0.717) is 24.4 Å². The van der Waals surface area contributed by atoms with Crippen LogP contribution in [0.1, 0.15) is 33.4 Å². The lowest BCUT2D eigenvalue weighted by Gasteiger charge is -2.08. The molecule has 0 aliphatic heterocycles. The molecule has 0 aliphatic carbocycles. The van der Waals surface area contributed by atoms with Crippen LogP contribution >= 0.6 is 0 Å². The van der Waals surface area contributed by atoms with Crippen LogP contribution in [0.4, 0.5) is 0 Å². The molecule has 7 nitrogen and oxygen atoms in total. The quantitative estimate of drug-likeness (QED) is 0.750. The SMILES string of the molecule is Cc1cc(C)n(-c2cccc(C(=O)NCCc3n[nH]c(C)n3)c2)n1. The summed E-state index contributed by atoms with van der Waals surface area (Å²) in [5, 5.41) is 14.2. The Morgan fingerprint density at radius 1 is 1.25 bits per heavy atom. The van der Waals surface area contributed by atoms with Crippen LogP contribution in [0.25, 0.3) is 5.69 Å². The number of H-pyrrole nitrogens is 1. The van der Waals surface area contributed by atoms with Gasteiger partial charge in [-0.1, -0.05) is 6.07 Å². The Morgan fingerprint density at radius 2 is 2.08 bits per heavy atom. The molecule has 0 saturated heterocycles. The van der Waals surface area contributed by atoms with Crippen molar-refractivity contribution in [3.05, 3.63) is 58.9 Å². The average Bonchev–Trinajstić information content (AvgIpc) is 3.12. The number of hydrogen-bond acceptors (Lipinski definition) is 4. The van der Waals surface area contributed by atoms with E-state index in [4.69, 9.17) is 0 Å². The molecule has 124 valence electrons. The molecule has 0 bridgehead atoms. The van der Waals surface area contributed by atoms with E-state index in [1.165, 1.54) is 0 Å². The number of hydrogen-bond donors (Lipinski definition) is 2. The molecule has 0 spiro atoms. The highest BCUT2D eigenvalue weighted by Crippen LogP contribution is 2.13. The predicted octanol–water partition coefficient (Wildman–Crippen LogP) is 1.89. The largest absolute Gasteiger partial charge is 0.352 e. The molecule has 3 aromatic rings. The summed E-state index contributed by atoms with van der Waals surface area (Å²) < 4.78 is 1.84. The van der Waals surface area contributed by atoms with Gasteiger partial charge in [0.15, 0.2) is 5.82 Å². The van der Waals surface area contributed by atoms with Crippen molar-refractivity contribution in [2.75, 3.05) is 6.54 Å². The lowest BCUT2D eigenvalue weighted by Crippen LogP contribution is -2.26. The van der Waals surface area contributed by atoms with Gasteiger partial charge in [-0.15, -0.1) is 0 Å². The van der Waals surface area contributed by atoms with Gasteiger partial charge in [0.2, 0.25) is 0 Å². The van der Waals surface area contributed by atoms with Crippen molar-refractivity contribution in [2.45, 2.75) is 27.2 Å². The highest BCUT2D eigenvalue weighted by molar-refractivity contribution is 5.94. The van der Waals surface area contributed by atoms with Gasteiger partial charge in [0.1, 0.15) is 5.82 Å². The highest BCUT2D eigenvalue weighted by atomic mass is 16.1. The first-order valence-electron chi connectivity index (χ1n) is 7.83. The maximum atomic E-state index is 12.3. The molecule has 0 atom stereocenters. The van der Waals surface area contributed by atoms with E-state index in [1.807, 2.05) is 49.7 Å². The van der Waals surface area contributed by atoms with Crippen LogP contribution in [-0.4, -0.2) is 37.4 Å². The number of aryl methyl sites for hydroxylation is 3. The van der Waals surface area contributed by atoms with E-state index >= 15 is 0 Å². The van der Waals surface area contributed by atoms with E-state index in [9.17, 15) is 4.79 Å². The summed E-state index contributed by atoms with van der Waals surface area (Å²) in [5.41, 5.74) is 3.46. The fourth-order valence-electron chi connectivity index (χ4n) is 2.56. The van der Waals surface area contributed by atoms with Crippen molar-refractivity contribution in [1.82, 2.24) is 30.3 Å². The Hall–Kier alpha value is -2.96. The molecule has 3 rings (SSSR count). The fraction of sp³-hybridized carbons (Fsp3) is 0.294. The summed E-state index contributed by atoms with van der Waals surface area (Å²) in [6, 6.07) is 9.44. The third-order valence-corrected chi connectivity index (χ3v) is 3.64. The standard InChI is InChI=1S/C17H20N6O/c1-11-9-12(2)23(22-11)15-6-4-5-14(10-15)17(24)18-8-7-16-19-13(3)20-21-16/h4-6,9-10H,7-8H2,1-3H3,(H,18,24)(H,19,20,21). The molecule has 2 N–H and O–H groups in total. The molecule has 7 heteroatoms.